The van der Waals surface area contributed by atoms with Gasteiger partial charge in [0, 0.05) is 24.0 Å². The number of carbonyl (C=O) groups excluding carboxylic acids is 1. The first-order chi connectivity index (χ1) is 12.1. The SMILES string of the molecule is Cc1cc(C)n2nc(CC(=O)N(CC3CC3)C3CCCCC3)nc2n1. The molecule has 2 aromatic heterocycles. The summed E-state index contributed by atoms with van der Waals surface area (Å²) in [5, 5.41) is 4.51. The van der Waals surface area contributed by atoms with E-state index in [0.29, 0.717) is 23.6 Å². The number of fused-ring (bicyclic) bond motifs is 1. The predicted molar refractivity (Wildman–Crippen MR) is 95.3 cm³/mol. The van der Waals surface area contributed by atoms with Gasteiger partial charge in [-0.2, -0.15) is 4.98 Å². The monoisotopic (exact) mass is 341 g/mol. The second-order valence-corrected chi connectivity index (χ2v) is 7.74. The smallest absolute Gasteiger partial charge is 0.252 e. The Labute approximate surface area is 148 Å². The zero-order chi connectivity index (χ0) is 17.4. The first-order valence-electron chi connectivity index (χ1n) is 9.59. The summed E-state index contributed by atoms with van der Waals surface area (Å²) in [5.74, 6) is 2.07. The minimum Gasteiger partial charge on any atom is -0.339 e. The normalized spacial score (nSPS) is 18.6. The third kappa shape index (κ3) is 3.67. The molecule has 1 amide bonds. The molecule has 0 radical (unpaired) electrons. The van der Waals surface area contributed by atoms with Gasteiger partial charge in [0.05, 0.1) is 6.42 Å². The summed E-state index contributed by atoms with van der Waals surface area (Å²) in [6, 6.07) is 2.40. The lowest BCUT2D eigenvalue weighted by atomic mass is 9.93. The molecule has 0 saturated heterocycles. The van der Waals surface area contributed by atoms with Gasteiger partial charge in [-0.25, -0.2) is 9.50 Å². The van der Waals surface area contributed by atoms with Crippen LogP contribution < -0.4 is 0 Å². The van der Waals surface area contributed by atoms with Crippen LogP contribution in [0.5, 0.6) is 0 Å². The van der Waals surface area contributed by atoms with E-state index in [4.69, 9.17) is 0 Å². The molecule has 6 heteroatoms. The summed E-state index contributed by atoms with van der Waals surface area (Å²) in [6.07, 6.45) is 8.92. The number of hydrogen-bond acceptors (Lipinski definition) is 4. The van der Waals surface area contributed by atoms with Gasteiger partial charge in [0.15, 0.2) is 5.82 Å². The maximum Gasteiger partial charge on any atom is 0.252 e. The van der Waals surface area contributed by atoms with Crippen LogP contribution in [-0.2, 0) is 11.2 Å². The standard InChI is InChI=1S/C19H27N5O/c1-13-10-14(2)24-19(20-13)21-17(22-24)11-18(25)23(12-15-8-9-15)16-6-4-3-5-7-16/h10,15-16H,3-9,11-12H2,1-2H3. The minimum atomic E-state index is 0.184. The Hall–Kier alpha value is -1.98. The largest absolute Gasteiger partial charge is 0.339 e. The van der Waals surface area contributed by atoms with E-state index in [0.717, 1.165) is 30.8 Å². The lowest BCUT2D eigenvalue weighted by molar-refractivity contribution is -0.133. The van der Waals surface area contributed by atoms with Crippen molar-refractivity contribution in [2.75, 3.05) is 6.54 Å². The molecule has 2 saturated carbocycles. The Morgan fingerprint density at radius 2 is 1.92 bits per heavy atom. The van der Waals surface area contributed by atoms with Crippen LogP contribution in [0.25, 0.3) is 5.78 Å². The molecule has 6 nitrogen and oxygen atoms in total. The van der Waals surface area contributed by atoms with Crippen molar-refractivity contribution in [1.29, 1.82) is 0 Å². The quantitative estimate of drug-likeness (QED) is 0.839. The van der Waals surface area contributed by atoms with Crippen molar-refractivity contribution in [2.45, 2.75) is 71.3 Å². The van der Waals surface area contributed by atoms with Gasteiger partial charge in [0.2, 0.25) is 5.91 Å². The summed E-state index contributed by atoms with van der Waals surface area (Å²) >= 11 is 0. The lowest BCUT2D eigenvalue weighted by Gasteiger charge is -2.34. The molecule has 0 unspecified atom stereocenters. The molecule has 0 bridgehead atoms. The molecule has 0 N–H and O–H groups in total. The van der Waals surface area contributed by atoms with Gasteiger partial charge >= 0.3 is 0 Å². The van der Waals surface area contributed by atoms with Crippen LogP contribution in [0.3, 0.4) is 0 Å². The molecule has 2 heterocycles. The number of hydrogen-bond donors (Lipinski definition) is 0. The maximum absolute atomic E-state index is 13.0. The van der Waals surface area contributed by atoms with Crippen LogP contribution in [-0.4, -0.2) is 43.0 Å². The topological polar surface area (TPSA) is 63.4 Å². The second-order valence-electron chi connectivity index (χ2n) is 7.74. The van der Waals surface area contributed by atoms with Crippen molar-refractivity contribution >= 4 is 11.7 Å². The number of amides is 1. The van der Waals surface area contributed by atoms with Gasteiger partial charge in [-0.3, -0.25) is 4.79 Å². The van der Waals surface area contributed by atoms with Crippen molar-refractivity contribution in [2.24, 2.45) is 5.92 Å². The van der Waals surface area contributed by atoms with E-state index >= 15 is 0 Å². The van der Waals surface area contributed by atoms with Crippen LogP contribution in [0.15, 0.2) is 6.07 Å². The Morgan fingerprint density at radius 3 is 2.64 bits per heavy atom. The molecule has 0 aliphatic heterocycles. The molecule has 25 heavy (non-hydrogen) atoms. The molecular formula is C19H27N5O. The van der Waals surface area contributed by atoms with Gasteiger partial charge in [0.25, 0.3) is 5.78 Å². The summed E-state index contributed by atoms with van der Waals surface area (Å²) in [4.78, 5) is 24.1. The van der Waals surface area contributed by atoms with E-state index in [1.165, 1.54) is 32.1 Å². The predicted octanol–water partition coefficient (Wildman–Crippen LogP) is 2.85. The molecule has 4 rings (SSSR count). The molecule has 0 atom stereocenters. The summed E-state index contributed by atoms with van der Waals surface area (Å²) < 4.78 is 1.74. The minimum absolute atomic E-state index is 0.184. The molecule has 2 aliphatic carbocycles. The highest BCUT2D eigenvalue weighted by Crippen LogP contribution is 2.32. The van der Waals surface area contributed by atoms with Gasteiger partial charge in [-0.15, -0.1) is 5.10 Å². The highest BCUT2D eigenvalue weighted by atomic mass is 16.2. The third-order valence-corrected chi connectivity index (χ3v) is 5.46. The average Bonchev–Trinajstić information content (AvgIpc) is 3.32. The van der Waals surface area contributed by atoms with Crippen LogP contribution in [0.1, 0.15) is 62.2 Å². The molecule has 0 spiro atoms. The molecule has 134 valence electrons. The number of carbonyl (C=O) groups is 1. The number of rotatable bonds is 5. The third-order valence-electron chi connectivity index (χ3n) is 5.46. The van der Waals surface area contributed by atoms with Crippen molar-refractivity contribution in [3.05, 3.63) is 23.3 Å². The van der Waals surface area contributed by atoms with E-state index in [2.05, 4.69) is 20.0 Å². The van der Waals surface area contributed by atoms with E-state index in [-0.39, 0.29) is 12.3 Å². The Morgan fingerprint density at radius 1 is 1.16 bits per heavy atom. The fraction of sp³-hybridized carbons (Fsp3) is 0.684. The number of aromatic nitrogens is 4. The van der Waals surface area contributed by atoms with Crippen molar-refractivity contribution in [3.8, 4) is 0 Å². The van der Waals surface area contributed by atoms with Crippen LogP contribution in [0.4, 0.5) is 0 Å². The first kappa shape index (κ1) is 16.5. The summed E-state index contributed by atoms with van der Waals surface area (Å²) in [5.41, 5.74) is 1.92. The van der Waals surface area contributed by atoms with Crippen LogP contribution in [0, 0.1) is 19.8 Å². The molecule has 0 aromatic carbocycles. The van der Waals surface area contributed by atoms with Gasteiger partial charge in [-0.05, 0) is 51.5 Å². The number of aryl methyl sites for hydroxylation is 2. The Balaban J connectivity index is 1.52. The second kappa shape index (κ2) is 6.73. The first-order valence-corrected chi connectivity index (χ1v) is 9.59. The average molecular weight is 341 g/mol. The van der Waals surface area contributed by atoms with Gasteiger partial charge in [-0.1, -0.05) is 19.3 Å². The summed E-state index contributed by atoms with van der Waals surface area (Å²) in [7, 11) is 0. The summed E-state index contributed by atoms with van der Waals surface area (Å²) in [6.45, 7) is 4.86. The highest BCUT2D eigenvalue weighted by molar-refractivity contribution is 5.78. The van der Waals surface area contributed by atoms with E-state index < -0.39 is 0 Å². The van der Waals surface area contributed by atoms with E-state index in [9.17, 15) is 4.79 Å². The fourth-order valence-electron chi connectivity index (χ4n) is 3.95. The Bertz CT molecular complexity index is 773. The molecular weight excluding hydrogens is 314 g/mol. The molecule has 2 fully saturated rings. The maximum atomic E-state index is 13.0. The highest BCUT2D eigenvalue weighted by Gasteiger charge is 2.32. The number of nitrogens with zero attached hydrogens (tertiary/aromatic N) is 5. The van der Waals surface area contributed by atoms with Crippen molar-refractivity contribution in [3.63, 3.8) is 0 Å². The van der Waals surface area contributed by atoms with Gasteiger partial charge < -0.3 is 4.90 Å². The zero-order valence-electron chi connectivity index (χ0n) is 15.2. The van der Waals surface area contributed by atoms with E-state index in [1.807, 2.05) is 19.9 Å². The van der Waals surface area contributed by atoms with Crippen LogP contribution in [0.2, 0.25) is 0 Å². The van der Waals surface area contributed by atoms with Gasteiger partial charge in [0.1, 0.15) is 0 Å². The lowest BCUT2D eigenvalue weighted by Crippen LogP contribution is -2.43. The zero-order valence-corrected chi connectivity index (χ0v) is 15.2. The molecule has 2 aliphatic rings. The Kier molecular flexibility index (Phi) is 4.44. The van der Waals surface area contributed by atoms with Crippen molar-refractivity contribution in [1.82, 2.24) is 24.5 Å². The molecule has 2 aromatic rings. The van der Waals surface area contributed by atoms with Crippen molar-refractivity contribution < 1.29 is 4.79 Å². The van der Waals surface area contributed by atoms with Crippen LogP contribution >= 0.6 is 0 Å². The fourth-order valence-corrected chi connectivity index (χ4v) is 3.95. The van der Waals surface area contributed by atoms with E-state index in [1.54, 1.807) is 4.52 Å².